The maximum atomic E-state index is 13.0. The molecule has 0 aromatic carbocycles. The molecule has 0 radical (unpaired) electrons. The first kappa shape index (κ1) is 18.5. The molecule has 1 heterocycles. The first-order chi connectivity index (χ1) is 12.9. The zero-order chi connectivity index (χ0) is 19.3. The van der Waals surface area contributed by atoms with Gasteiger partial charge in [0.1, 0.15) is 5.00 Å². The second kappa shape index (κ2) is 6.93. The number of nitrogens with one attached hydrogen (secondary N) is 1. The average Bonchev–Trinajstić information content (AvgIpc) is 3.32. The molecule has 2 bridgehead atoms. The van der Waals surface area contributed by atoms with E-state index in [4.69, 9.17) is 4.74 Å². The molecule has 0 saturated heterocycles. The summed E-state index contributed by atoms with van der Waals surface area (Å²) >= 11 is 1.45. The first-order valence-corrected chi connectivity index (χ1v) is 10.5. The number of carbonyl (C=O) groups excluding carboxylic acids is 2. The number of anilines is 1. The minimum Gasteiger partial charge on any atom is -0.481 e. The van der Waals surface area contributed by atoms with Crippen molar-refractivity contribution in [3.8, 4) is 0 Å². The number of methoxy groups -OCH3 is 1. The highest BCUT2D eigenvalue weighted by Crippen LogP contribution is 2.53. The lowest BCUT2D eigenvalue weighted by Gasteiger charge is -2.26. The molecule has 7 heteroatoms. The molecule has 1 aromatic rings. The normalized spacial score (nSPS) is 31.4. The summed E-state index contributed by atoms with van der Waals surface area (Å²) in [6, 6.07) is 0. The van der Waals surface area contributed by atoms with E-state index in [2.05, 4.69) is 12.2 Å². The first-order valence-electron chi connectivity index (χ1n) is 9.67. The number of thiophene rings is 1. The molecule has 3 aliphatic rings. The Morgan fingerprint density at radius 2 is 1.85 bits per heavy atom. The lowest BCUT2D eigenvalue weighted by atomic mass is 9.78. The number of carboxylic acids is 1. The number of esters is 1. The van der Waals surface area contributed by atoms with Crippen molar-refractivity contribution in [2.24, 2.45) is 29.6 Å². The Kier molecular flexibility index (Phi) is 4.74. The van der Waals surface area contributed by atoms with E-state index in [0.29, 0.717) is 16.5 Å². The zero-order valence-electron chi connectivity index (χ0n) is 15.6. The lowest BCUT2D eigenvalue weighted by Crippen LogP contribution is -2.38. The van der Waals surface area contributed by atoms with Crippen LogP contribution in [0.2, 0.25) is 0 Å². The molecule has 2 fully saturated rings. The van der Waals surface area contributed by atoms with E-state index in [1.807, 2.05) is 0 Å². The van der Waals surface area contributed by atoms with Gasteiger partial charge < -0.3 is 15.2 Å². The van der Waals surface area contributed by atoms with Crippen LogP contribution in [0.1, 0.15) is 53.4 Å². The Morgan fingerprint density at radius 1 is 1.15 bits per heavy atom. The lowest BCUT2D eigenvalue weighted by molar-refractivity contribution is -0.148. The summed E-state index contributed by atoms with van der Waals surface area (Å²) in [5.74, 6) is -1.91. The maximum Gasteiger partial charge on any atom is 0.341 e. The predicted molar refractivity (Wildman–Crippen MR) is 101 cm³/mol. The van der Waals surface area contributed by atoms with Crippen LogP contribution in [0.4, 0.5) is 5.00 Å². The molecular formula is C20H25NO5S. The van der Waals surface area contributed by atoms with E-state index in [1.54, 1.807) is 0 Å². The van der Waals surface area contributed by atoms with Crippen LogP contribution in [0.5, 0.6) is 0 Å². The van der Waals surface area contributed by atoms with Gasteiger partial charge in [-0.25, -0.2) is 4.79 Å². The second-order valence-corrected chi connectivity index (χ2v) is 9.36. The molecule has 2 N–H and O–H groups in total. The van der Waals surface area contributed by atoms with Crippen LogP contribution in [-0.2, 0) is 27.2 Å². The van der Waals surface area contributed by atoms with Crippen molar-refractivity contribution in [1.82, 2.24) is 0 Å². The molecule has 0 unspecified atom stereocenters. The third-order valence-electron chi connectivity index (χ3n) is 6.64. The summed E-state index contributed by atoms with van der Waals surface area (Å²) in [7, 11) is 1.35. The Morgan fingerprint density at radius 3 is 2.52 bits per heavy atom. The third-order valence-corrected chi connectivity index (χ3v) is 7.81. The average molecular weight is 391 g/mol. The summed E-state index contributed by atoms with van der Waals surface area (Å²) < 4.78 is 4.97. The number of carboxylic acid groups (broad SMARTS) is 1. The number of ether oxygens (including phenoxy) is 1. The van der Waals surface area contributed by atoms with Crippen LogP contribution >= 0.6 is 11.3 Å². The molecule has 0 spiro atoms. The van der Waals surface area contributed by atoms with Gasteiger partial charge in [-0.3, -0.25) is 9.59 Å². The monoisotopic (exact) mass is 391 g/mol. The number of amides is 1. The van der Waals surface area contributed by atoms with Crippen LogP contribution in [0, 0.1) is 29.6 Å². The van der Waals surface area contributed by atoms with E-state index in [1.165, 1.54) is 18.4 Å². The molecule has 1 aromatic heterocycles. The summed E-state index contributed by atoms with van der Waals surface area (Å²) in [5, 5.41) is 13.1. The number of carbonyl (C=O) groups is 3. The highest BCUT2D eigenvalue weighted by atomic mass is 32.1. The molecular weight excluding hydrogens is 366 g/mol. The van der Waals surface area contributed by atoms with Crippen LogP contribution in [0.25, 0.3) is 0 Å². The number of aliphatic carboxylic acids is 1. The predicted octanol–water partition coefficient (Wildman–Crippen LogP) is 3.34. The molecule has 2 saturated carbocycles. The molecule has 3 aliphatic carbocycles. The Balaban J connectivity index is 1.63. The minimum absolute atomic E-state index is 0.0979. The standard InChI is InChI=1S/C20H25NO5S/c1-9-3-6-12-13(7-9)27-18(16(12)20(25)26-2)21-17(22)14-10-4-5-11(8-10)15(14)19(23)24/h9-11,14-15H,3-8H2,1-2H3,(H,21,22)(H,23,24)/t9-,10+,11-,14-,15-/m0/s1. The Bertz CT molecular complexity index is 801. The van der Waals surface area contributed by atoms with Gasteiger partial charge in [0.05, 0.1) is 24.5 Å². The van der Waals surface area contributed by atoms with Crippen LogP contribution in [0.15, 0.2) is 0 Å². The van der Waals surface area contributed by atoms with E-state index < -0.39 is 23.8 Å². The van der Waals surface area contributed by atoms with Gasteiger partial charge >= 0.3 is 11.9 Å². The van der Waals surface area contributed by atoms with Gasteiger partial charge in [-0.15, -0.1) is 11.3 Å². The van der Waals surface area contributed by atoms with Crippen molar-refractivity contribution >= 4 is 34.2 Å². The molecule has 5 atom stereocenters. The van der Waals surface area contributed by atoms with Gasteiger partial charge in [0.2, 0.25) is 5.91 Å². The number of fused-ring (bicyclic) bond motifs is 3. The summed E-state index contributed by atoms with van der Waals surface area (Å²) in [5.41, 5.74) is 1.45. The van der Waals surface area contributed by atoms with E-state index in [9.17, 15) is 19.5 Å². The number of rotatable bonds is 4. The van der Waals surface area contributed by atoms with Crippen molar-refractivity contribution in [3.63, 3.8) is 0 Å². The van der Waals surface area contributed by atoms with Crippen molar-refractivity contribution in [1.29, 1.82) is 0 Å². The maximum absolute atomic E-state index is 13.0. The fourth-order valence-electron chi connectivity index (χ4n) is 5.38. The minimum atomic E-state index is -0.880. The van der Waals surface area contributed by atoms with E-state index in [0.717, 1.165) is 49.0 Å². The molecule has 1 amide bonds. The van der Waals surface area contributed by atoms with E-state index >= 15 is 0 Å². The van der Waals surface area contributed by atoms with Gasteiger partial charge in [0.15, 0.2) is 0 Å². The van der Waals surface area contributed by atoms with Crippen molar-refractivity contribution in [3.05, 3.63) is 16.0 Å². The van der Waals surface area contributed by atoms with Crippen LogP contribution < -0.4 is 5.32 Å². The highest BCUT2D eigenvalue weighted by molar-refractivity contribution is 7.17. The molecule has 27 heavy (non-hydrogen) atoms. The van der Waals surface area contributed by atoms with Gasteiger partial charge in [0.25, 0.3) is 0 Å². The van der Waals surface area contributed by atoms with Gasteiger partial charge in [0, 0.05) is 4.88 Å². The zero-order valence-corrected chi connectivity index (χ0v) is 16.4. The Labute approximate surface area is 162 Å². The largest absolute Gasteiger partial charge is 0.481 e. The highest BCUT2D eigenvalue weighted by Gasteiger charge is 2.54. The van der Waals surface area contributed by atoms with Gasteiger partial charge in [-0.1, -0.05) is 6.92 Å². The van der Waals surface area contributed by atoms with Gasteiger partial charge in [-0.2, -0.15) is 0 Å². The second-order valence-electron chi connectivity index (χ2n) is 8.26. The quantitative estimate of drug-likeness (QED) is 0.768. The van der Waals surface area contributed by atoms with Crippen molar-refractivity contribution in [2.75, 3.05) is 12.4 Å². The fraction of sp³-hybridized carbons (Fsp3) is 0.650. The molecule has 6 nitrogen and oxygen atoms in total. The number of hydrogen-bond donors (Lipinski definition) is 2. The van der Waals surface area contributed by atoms with E-state index in [-0.39, 0.29) is 17.7 Å². The topological polar surface area (TPSA) is 92.7 Å². The van der Waals surface area contributed by atoms with Crippen molar-refractivity contribution < 1.29 is 24.2 Å². The molecule has 0 aliphatic heterocycles. The number of hydrogen-bond acceptors (Lipinski definition) is 5. The van der Waals surface area contributed by atoms with Crippen LogP contribution in [0.3, 0.4) is 0 Å². The fourth-order valence-corrected chi connectivity index (χ4v) is 6.78. The van der Waals surface area contributed by atoms with Gasteiger partial charge in [-0.05, 0) is 61.8 Å². The van der Waals surface area contributed by atoms with Crippen LogP contribution in [-0.4, -0.2) is 30.1 Å². The van der Waals surface area contributed by atoms with Crippen molar-refractivity contribution in [2.45, 2.75) is 45.4 Å². The molecule has 4 rings (SSSR count). The summed E-state index contributed by atoms with van der Waals surface area (Å²) in [6.45, 7) is 2.19. The Hall–Kier alpha value is -1.89. The summed E-state index contributed by atoms with van der Waals surface area (Å²) in [6.07, 6.45) is 5.33. The summed E-state index contributed by atoms with van der Waals surface area (Å²) in [4.78, 5) is 38.3. The third kappa shape index (κ3) is 3.06. The smallest absolute Gasteiger partial charge is 0.341 e. The molecule has 146 valence electrons. The SMILES string of the molecule is COC(=O)c1c(NC(=O)[C@H]2[C@@H]3CC[C@@H](C3)[C@@H]2C(=O)O)sc2c1CC[C@H](C)C2.